The van der Waals surface area contributed by atoms with Gasteiger partial charge in [-0.15, -0.1) is 22.7 Å². The van der Waals surface area contributed by atoms with Gasteiger partial charge in [0.05, 0.1) is 82.7 Å². The fourth-order valence-corrected chi connectivity index (χ4v) is 12.0. The number of hydrogen-bond donors (Lipinski definition) is 3. The molecular formula is C52H45BrF4N8O6S2. The van der Waals surface area contributed by atoms with Gasteiger partial charge in [-0.05, 0) is 52.3 Å². The molecule has 12 rings (SSSR count). The number of thiophene rings is 2. The van der Waals surface area contributed by atoms with Crippen molar-refractivity contribution >= 4 is 76.5 Å². The van der Waals surface area contributed by atoms with Gasteiger partial charge in [0.25, 0.3) is 11.8 Å². The van der Waals surface area contributed by atoms with Crippen LogP contribution in [0.3, 0.4) is 0 Å². The Morgan fingerprint density at radius 1 is 0.603 bits per heavy atom. The van der Waals surface area contributed by atoms with Crippen molar-refractivity contribution in [1.29, 1.82) is 0 Å². The average Bonchev–Trinajstić information content (AvgIpc) is 3.98. The minimum Gasteiger partial charge on any atom is -0.493 e. The fraction of sp³-hybridized carbons (Fsp3) is 0.269. The largest absolute Gasteiger partial charge is 0.493 e. The van der Waals surface area contributed by atoms with E-state index in [1.165, 1.54) is 59.6 Å². The van der Waals surface area contributed by atoms with E-state index in [0.29, 0.717) is 110 Å². The summed E-state index contributed by atoms with van der Waals surface area (Å²) >= 11 is 5.88. The van der Waals surface area contributed by atoms with E-state index in [0.717, 1.165) is 61.1 Å². The smallest absolute Gasteiger partial charge is 0.264 e. The first kappa shape index (κ1) is 49.9. The Balaban J connectivity index is 0.000000151. The molecule has 0 bridgehead atoms. The molecule has 4 aromatic carbocycles. The molecule has 4 aliphatic heterocycles. The zero-order valence-corrected chi connectivity index (χ0v) is 42.0. The van der Waals surface area contributed by atoms with E-state index in [4.69, 9.17) is 18.9 Å². The first-order valence-electron chi connectivity index (χ1n) is 23.4. The van der Waals surface area contributed by atoms with E-state index < -0.39 is 23.3 Å². The number of morpholine rings is 2. The van der Waals surface area contributed by atoms with Crippen LogP contribution in [0, 0.1) is 23.3 Å². The third-order valence-corrected chi connectivity index (χ3v) is 15.6. The Morgan fingerprint density at radius 3 is 1.58 bits per heavy atom. The molecule has 2 saturated heterocycles. The maximum atomic E-state index is 14.0. The summed E-state index contributed by atoms with van der Waals surface area (Å²) in [6.45, 7) is 7.10. The van der Waals surface area contributed by atoms with Crippen LogP contribution in [0.2, 0.25) is 0 Å². The van der Waals surface area contributed by atoms with Crippen molar-refractivity contribution in [3.05, 3.63) is 146 Å². The van der Waals surface area contributed by atoms with Crippen molar-refractivity contribution in [3.63, 3.8) is 0 Å². The summed E-state index contributed by atoms with van der Waals surface area (Å²) in [5.41, 5.74) is 4.96. The van der Waals surface area contributed by atoms with Crippen LogP contribution in [0.4, 0.5) is 23.2 Å². The highest BCUT2D eigenvalue weighted by molar-refractivity contribution is 9.10. The Morgan fingerprint density at radius 2 is 1.07 bits per heavy atom. The lowest BCUT2D eigenvalue weighted by Gasteiger charge is -2.30. The van der Waals surface area contributed by atoms with Crippen LogP contribution >= 0.6 is 38.6 Å². The van der Waals surface area contributed by atoms with Crippen molar-refractivity contribution in [2.45, 2.75) is 24.9 Å². The number of ether oxygens (including phenoxy) is 4. The summed E-state index contributed by atoms with van der Waals surface area (Å²) < 4.78 is 79.1. The molecule has 0 spiro atoms. The second-order valence-corrected chi connectivity index (χ2v) is 19.8. The zero-order chi connectivity index (χ0) is 50.4. The maximum Gasteiger partial charge on any atom is 0.264 e. The molecule has 8 heterocycles. The summed E-state index contributed by atoms with van der Waals surface area (Å²) in [4.78, 5) is 47.2. The SMILES string of the molecule is C1COCCN1.O=C(N[C@H]1CCOc2ccccc21)c1sc2c(-c3cc(F)cc(F)c3)ncnc2c1Br.O=C(N[C@H]1CCOc2ccccc21)c1sc2c(-c3cc(F)cc(F)c3)ncnc2c1N1CCOCC1. The van der Waals surface area contributed by atoms with Gasteiger partial charge in [-0.2, -0.15) is 0 Å². The van der Waals surface area contributed by atoms with E-state index in [1.54, 1.807) is 0 Å². The van der Waals surface area contributed by atoms with Crippen LogP contribution in [0.15, 0.2) is 102 Å². The standard InChI is InChI=1S/C26H22F2N4O3S.C22H14BrF2N3O2S.C4H9NO/c27-16-11-15(12-17(28)13-16)21-24-22(30-14-29-21)23(32-6-9-34-10-7-32)25(36-24)26(33)31-19-5-8-35-20-4-2-1-3-18(19)20;23-17-19-21(18(26-10-27-19)11-7-12(24)9-13(25)8-11)31-20(17)22(29)28-15-5-6-30-16-4-2-1-3-14(15)16;1-3-6-4-2-5-1/h1-4,11-14,19H,5-10H2,(H,31,33);1-4,7-10,15H,5-6H2,(H,28,29);5H,1-4H2/t19-;15-;/m00./s1. The van der Waals surface area contributed by atoms with Crippen LogP contribution < -0.4 is 30.3 Å². The molecule has 0 unspecified atom stereocenters. The van der Waals surface area contributed by atoms with Crippen LogP contribution in [0.25, 0.3) is 42.9 Å². The highest BCUT2D eigenvalue weighted by atomic mass is 79.9. The molecule has 2 fully saturated rings. The molecule has 4 aromatic heterocycles. The van der Waals surface area contributed by atoms with Gasteiger partial charge < -0.3 is 39.8 Å². The predicted octanol–water partition coefficient (Wildman–Crippen LogP) is 9.99. The number of fused-ring (bicyclic) bond motifs is 4. The summed E-state index contributed by atoms with van der Waals surface area (Å²) in [5.74, 6) is -1.78. The third kappa shape index (κ3) is 11.2. The number of amides is 2. The topological polar surface area (TPSA) is 162 Å². The van der Waals surface area contributed by atoms with E-state index in [-0.39, 0.29) is 29.5 Å². The van der Waals surface area contributed by atoms with E-state index in [9.17, 15) is 27.2 Å². The predicted molar refractivity (Wildman–Crippen MR) is 273 cm³/mol. The number of aromatic nitrogens is 4. The monoisotopic (exact) mass is 1100 g/mol. The first-order chi connectivity index (χ1) is 35.6. The summed E-state index contributed by atoms with van der Waals surface area (Å²) in [5, 5.41) is 9.40. The molecule has 14 nitrogen and oxygen atoms in total. The molecule has 21 heteroatoms. The average molecular weight is 1100 g/mol. The number of hydrogen-bond acceptors (Lipinski definition) is 14. The Kier molecular flexibility index (Phi) is 15.5. The molecule has 8 aromatic rings. The molecule has 0 radical (unpaired) electrons. The number of nitrogens with one attached hydrogen (secondary N) is 3. The van der Waals surface area contributed by atoms with Gasteiger partial charge in [-0.25, -0.2) is 37.5 Å². The Labute approximate surface area is 432 Å². The molecule has 4 aliphatic rings. The fourth-order valence-electron chi connectivity index (χ4n) is 8.90. The highest BCUT2D eigenvalue weighted by Gasteiger charge is 2.31. The molecule has 3 N–H and O–H groups in total. The van der Waals surface area contributed by atoms with Crippen molar-refractivity contribution < 1.29 is 46.1 Å². The third-order valence-electron chi connectivity index (χ3n) is 12.2. The number of nitrogens with zero attached hydrogens (tertiary/aromatic N) is 5. The Hall–Kier alpha value is -6.62. The van der Waals surface area contributed by atoms with Gasteiger partial charge in [-0.1, -0.05) is 36.4 Å². The number of carbonyl (C=O) groups excluding carboxylic acids is 2. The van der Waals surface area contributed by atoms with Crippen LogP contribution in [-0.2, 0) is 9.47 Å². The van der Waals surface area contributed by atoms with Crippen molar-refractivity contribution in [2.75, 3.05) is 70.7 Å². The lowest BCUT2D eigenvalue weighted by atomic mass is 10.0. The van der Waals surface area contributed by atoms with Crippen molar-refractivity contribution in [3.8, 4) is 34.0 Å². The summed E-state index contributed by atoms with van der Waals surface area (Å²) in [7, 11) is 0. The lowest BCUT2D eigenvalue weighted by Crippen LogP contribution is -2.38. The van der Waals surface area contributed by atoms with E-state index >= 15 is 0 Å². The minimum absolute atomic E-state index is 0.183. The van der Waals surface area contributed by atoms with E-state index in [1.807, 2.05) is 48.5 Å². The molecule has 0 aliphatic carbocycles. The maximum absolute atomic E-state index is 14.0. The van der Waals surface area contributed by atoms with E-state index in [2.05, 4.69) is 56.7 Å². The number of anilines is 1. The van der Waals surface area contributed by atoms with Gasteiger partial charge in [0.15, 0.2) is 0 Å². The van der Waals surface area contributed by atoms with Crippen molar-refractivity contribution in [2.24, 2.45) is 0 Å². The quantitative estimate of drug-likeness (QED) is 0.130. The second-order valence-electron chi connectivity index (χ2n) is 17.0. The summed E-state index contributed by atoms with van der Waals surface area (Å²) in [6, 6.07) is 21.4. The second kappa shape index (κ2) is 22.7. The van der Waals surface area contributed by atoms with Crippen LogP contribution in [-0.4, -0.2) is 97.6 Å². The first-order valence-corrected chi connectivity index (χ1v) is 25.8. The Bertz CT molecular complexity index is 3270. The molecular weight excluding hydrogens is 1050 g/mol. The van der Waals surface area contributed by atoms with Gasteiger partial charge in [-0.3, -0.25) is 9.59 Å². The normalized spacial score (nSPS) is 17.1. The summed E-state index contributed by atoms with van der Waals surface area (Å²) in [6.07, 6.45) is 3.98. The minimum atomic E-state index is -0.700. The van der Waals surface area contributed by atoms with Crippen LogP contribution in [0.1, 0.15) is 55.4 Å². The molecule has 0 saturated carbocycles. The molecule has 73 heavy (non-hydrogen) atoms. The van der Waals surface area contributed by atoms with Gasteiger partial charge in [0, 0.05) is 73.4 Å². The van der Waals surface area contributed by atoms with Gasteiger partial charge >= 0.3 is 0 Å². The number of rotatable bonds is 7. The highest BCUT2D eigenvalue weighted by Crippen LogP contribution is 2.43. The number of para-hydroxylation sites is 2. The van der Waals surface area contributed by atoms with Crippen molar-refractivity contribution in [1.82, 2.24) is 35.9 Å². The lowest BCUT2D eigenvalue weighted by molar-refractivity contribution is 0.0919. The van der Waals surface area contributed by atoms with Crippen LogP contribution in [0.5, 0.6) is 11.5 Å². The molecule has 2 amide bonds. The zero-order valence-electron chi connectivity index (χ0n) is 38.8. The number of halogens is 5. The number of benzene rings is 4. The number of carbonyl (C=O) groups is 2. The molecule has 2 atom stereocenters. The van der Waals surface area contributed by atoms with Gasteiger partial charge in [0.2, 0.25) is 0 Å². The molecule has 376 valence electrons. The van der Waals surface area contributed by atoms with Gasteiger partial charge in [0.1, 0.15) is 68.2 Å².